The van der Waals surface area contributed by atoms with Gasteiger partial charge in [0.1, 0.15) is 10.6 Å². The molecule has 144 valence electrons. The van der Waals surface area contributed by atoms with Gasteiger partial charge >= 0.3 is 6.03 Å². The lowest BCUT2D eigenvalue weighted by Crippen LogP contribution is -2.51. The van der Waals surface area contributed by atoms with Crippen molar-refractivity contribution in [1.82, 2.24) is 20.7 Å². The number of rotatable bonds is 4. The van der Waals surface area contributed by atoms with Crippen LogP contribution < -0.4 is 10.7 Å². The summed E-state index contributed by atoms with van der Waals surface area (Å²) in [5.74, 6) is -0.922. The molecule has 4 rings (SSSR count). The Balaban J connectivity index is 1.53. The van der Waals surface area contributed by atoms with E-state index in [2.05, 4.69) is 15.7 Å². The number of imide groups is 1. The summed E-state index contributed by atoms with van der Waals surface area (Å²) in [7, 11) is 0. The smallest absolute Gasteiger partial charge is 0.322 e. The molecule has 1 aromatic heterocycles. The fourth-order valence-corrected chi connectivity index (χ4v) is 4.52. The van der Waals surface area contributed by atoms with Crippen molar-refractivity contribution in [3.63, 3.8) is 0 Å². The predicted molar refractivity (Wildman–Crippen MR) is 103 cm³/mol. The number of benzene rings is 1. The van der Waals surface area contributed by atoms with Crippen LogP contribution in [0.4, 0.5) is 4.79 Å². The molecule has 0 radical (unpaired) electrons. The third-order valence-electron chi connectivity index (χ3n) is 5.06. The molecule has 2 fully saturated rings. The van der Waals surface area contributed by atoms with Crippen LogP contribution in [0.25, 0.3) is 0 Å². The van der Waals surface area contributed by atoms with E-state index in [1.165, 1.54) is 11.8 Å². The minimum absolute atomic E-state index is 0.307. The molecular formula is C20H20N4O3S. The molecule has 4 amide bonds. The molecule has 28 heavy (non-hydrogen) atoms. The average Bonchev–Trinajstić information content (AvgIpc) is 2.93. The molecule has 0 bridgehead atoms. The second-order valence-corrected chi connectivity index (χ2v) is 7.99. The highest BCUT2D eigenvalue weighted by Gasteiger charge is 2.52. The Morgan fingerprint density at radius 3 is 2.57 bits per heavy atom. The number of amides is 4. The number of urea groups is 1. The normalized spacial score (nSPS) is 18.2. The first kappa shape index (κ1) is 18.5. The van der Waals surface area contributed by atoms with Crippen molar-refractivity contribution < 1.29 is 14.4 Å². The third-order valence-corrected chi connectivity index (χ3v) is 6.08. The molecule has 1 aliphatic carbocycles. The first-order valence-electron chi connectivity index (χ1n) is 9.25. The van der Waals surface area contributed by atoms with Crippen molar-refractivity contribution in [2.24, 2.45) is 0 Å². The molecule has 7 nitrogen and oxygen atoms in total. The van der Waals surface area contributed by atoms with E-state index in [1.54, 1.807) is 18.3 Å². The highest BCUT2D eigenvalue weighted by atomic mass is 32.2. The van der Waals surface area contributed by atoms with Crippen LogP contribution in [0.3, 0.4) is 0 Å². The number of hydrogen-bond donors (Lipinski definition) is 2. The Kier molecular flexibility index (Phi) is 5.04. The molecule has 1 spiro atoms. The van der Waals surface area contributed by atoms with E-state index < -0.39 is 17.5 Å². The molecule has 2 heterocycles. The quantitative estimate of drug-likeness (QED) is 0.775. The first-order chi connectivity index (χ1) is 13.6. The fraction of sp³-hybridized carbons (Fsp3) is 0.300. The number of hydrogen-bond acceptors (Lipinski definition) is 5. The maximum absolute atomic E-state index is 12.8. The zero-order chi connectivity index (χ0) is 19.6. The van der Waals surface area contributed by atoms with Gasteiger partial charge in [-0.05, 0) is 37.1 Å². The third kappa shape index (κ3) is 3.47. The fourth-order valence-electron chi connectivity index (χ4n) is 3.62. The van der Waals surface area contributed by atoms with Gasteiger partial charge in [-0.1, -0.05) is 49.2 Å². The summed E-state index contributed by atoms with van der Waals surface area (Å²) < 4.78 is 0. The highest BCUT2D eigenvalue weighted by molar-refractivity contribution is 7.99. The van der Waals surface area contributed by atoms with E-state index in [-0.39, 0.29) is 5.91 Å². The number of carbonyl (C=O) groups is 3. The van der Waals surface area contributed by atoms with Crippen molar-refractivity contribution in [3.05, 3.63) is 54.2 Å². The number of carbonyl (C=O) groups excluding carboxylic acids is 3. The van der Waals surface area contributed by atoms with Gasteiger partial charge in [0.05, 0.1) is 5.56 Å². The second kappa shape index (κ2) is 7.63. The molecule has 1 aliphatic heterocycles. The van der Waals surface area contributed by atoms with Crippen molar-refractivity contribution in [1.29, 1.82) is 0 Å². The van der Waals surface area contributed by atoms with Crippen LogP contribution in [-0.2, 0) is 4.79 Å². The van der Waals surface area contributed by atoms with Crippen molar-refractivity contribution in [3.8, 4) is 0 Å². The van der Waals surface area contributed by atoms with Gasteiger partial charge in [-0.15, -0.1) is 0 Å². The van der Waals surface area contributed by atoms with Crippen molar-refractivity contribution in [2.75, 3.05) is 0 Å². The average molecular weight is 396 g/mol. The maximum atomic E-state index is 12.8. The zero-order valence-electron chi connectivity index (χ0n) is 15.2. The second-order valence-electron chi connectivity index (χ2n) is 6.93. The summed E-state index contributed by atoms with van der Waals surface area (Å²) in [4.78, 5) is 43.3. The number of nitrogens with zero attached hydrogens (tertiary/aromatic N) is 2. The lowest BCUT2D eigenvalue weighted by molar-refractivity contribution is -0.134. The van der Waals surface area contributed by atoms with Gasteiger partial charge in [-0.3, -0.25) is 15.0 Å². The molecular weight excluding hydrogens is 376 g/mol. The summed E-state index contributed by atoms with van der Waals surface area (Å²) in [6, 6.07) is 12.3. The van der Waals surface area contributed by atoms with Crippen LogP contribution in [0.15, 0.2) is 58.6 Å². The zero-order valence-corrected chi connectivity index (χ0v) is 16.0. The molecule has 1 aromatic carbocycles. The maximum Gasteiger partial charge on any atom is 0.344 e. The largest absolute Gasteiger partial charge is 0.344 e. The molecule has 2 aliphatic rings. The number of hydrazine groups is 1. The van der Waals surface area contributed by atoms with Gasteiger partial charge in [-0.25, -0.2) is 9.78 Å². The molecule has 2 aromatic rings. The van der Waals surface area contributed by atoms with Crippen LogP contribution in [-0.4, -0.2) is 33.4 Å². The molecule has 1 saturated heterocycles. The minimum Gasteiger partial charge on any atom is -0.322 e. The Labute approximate surface area is 166 Å². The number of nitrogens with one attached hydrogen (secondary N) is 2. The van der Waals surface area contributed by atoms with Crippen LogP contribution in [0.2, 0.25) is 0 Å². The van der Waals surface area contributed by atoms with E-state index in [1.807, 2.05) is 30.3 Å². The van der Waals surface area contributed by atoms with E-state index in [4.69, 9.17) is 0 Å². The number of aromatic nitrogens is 1. The molecule has 0 atom stereocenters. The van der Waals surface area contributed by atoms with Gasteiger partial charge in [0.25, 0.3) is 11.8 Å². The van der Waals surface area contributed by atoms with Crippen LogP contribution in [0.5, 0.6) is 0 Å². The van der Waals surface area contributed by atoms with E-state index in [9.17, 15) is 14.4 Å². The Bertz CT molecular complexity index is 913. The van der Waals surface area contributed by atoms with Crippen LogP contribution in [0, 0.1) is 0 Å². The summed E-state index contributed by atoms with van der Waals surface area (Å²) >= 11 is 1.35. The lowest BCUT2D eigenvalue weighted by atomic mass is 9.82. The summed E-state index contributed by atoms with van der Waals surface area (Å²) in [6.45, 7) is 0. The molecule has 0 unspecified atom stereocenters. The van der Waals surface area contributed by atoms with Crippen molar-refractivity contribution >= 4 is 29.6 Å². The summed E-state index contributed by atoms with van der Waals surface area (Å²) in [5, 5.41) is 4.10. The summed E-state index contributed by atoms with van der Waals surface area (Å²) in [6.07, 6.45) is 5.63. The van der Waals surface area contributed by atoms with Crippen LogP contribution >= 0.6 is 11.8 Å². The minimum atomic E-state index is -0.876. The number of pyridine rings is 1. The molecule has 1 saturated carbocycles. The van der Waals surface area contributed by atoms with E-state index in [0.717, 1.165) is 29.2 Å². The van der Waals surface area contributed by atoms with Gasteiger partial charge in [-0.2, -0.15) is 5.01 Å². The Morgan fingerprint density at radius 1 is 1.07 bits per heavy atom. The van der Waals surface area contributed by atoms with Gasteiger partial charge in [0.2, 0.25) is 0 Å². The van der Waals surface area contributed by atoms with Crippen molar-refractivity contribution in [2.45, 2.75) is 47.6 Å². The topological polar surface area (TPSA) is 91.4 Å². The molecule has 2 N–H and O–H groups in total. The highest BCUT2D eigenvalue weighted by Crippen LogP contribution is 2.33. The van der Waals surface area contributed by atoms with Gasteiger partial charge in [0, 0.05) is 11.1 Å². The molecule has 8 heteroatoms. The SMILES string of the molecule is O=C(NN1C(=O)NC2(CCCCC2)C1=O)c1cccnc1Sc1ccccc1. The van der Waals surface area contributed by atoms with E-state index >= 15 is 0 Å². The van der Waals surface area contributed by atoms with Crippen LogP contribution in [0.1, 0.15) is 42.5 Å². The Morgan fingerprint density at radius 2 is 1.82 bits per heavy atom. The lowest BCUT2D eigenvalue weighted by Gasteiger charge is -2.30. The first-order valence-corrected chi connectivity index (χ1v) is 10.1. The summed E-state index contributed by atoms with van der Waals surface area (Å²) in [5.41, 5.74) is 1.90. The van der Waals surface area contributed by atoms with E-state index in [0.29, 0.717) is 23.4 Å². The Hall–Kier alpha value is -2.87. The van der Waals surface area contributed by atoms with Gasteiger partial charge < -0.3 is 5.32 Å². The van der Waals surface area contributed by atoms with Gasteiger partial charge in [0.15, 0.2) is 0 Å². The standard InChI is InChI=1S/C20H20N4O3S/c25-16(15-10-7-13-21-17(15)28-14-8-3-1-4-9-14)23-24-18(26)20(22-19(24)27)11-5-2-6-12-20/h1,3-4,7-10,13H,2,5-6,11-12H2,(H,22,27)(H,23,25). The monoisotopic (exact) mass is 396 g/mol. The predicted octanol–water partition coefficient (Wildman–Crippen LogP) is 3.13.